The number of aromatic nitrogens is 2. The molecule has 0 N–H and O–H groups in total. The average Bonchev–Trinajstić information content (AvgIpc) is 0.934. The van der Waals surface area contributed by atoms with Crippen molar-refractivity contribution in [2.45, 2.75) is 52.4 Å². The van der Waals surface area contributed by atoms with E-state index >= 15 is 0 Å². The van der Waals surface area contributed by atoms with E-state index in [1.807, 2.05) is 106 Å². The Kier molecular flexibility index (Phi) is 9.09. The summed E-state index contributed by atoms with van der Waals surface area (Å²) in [7, 11) is 0. The van der Waals surface area contributed by atoms with Crippen LogP contribution in [0.25, 0.3) is 120 Å². The fourth-order valence-corrected chi connectivity index (χ4v) is 13.4. The molecule has 2 aliphatic rings. The van der Waals surface area contributed by atoms with Gasteiger partial charge in [-0.05, 0) is 141 Å². The molecule has 0 saturated heterocycles. The van der Waals surface area contributed by atoms with Crippen LogP contribution in [0.1, 0.15) is 62.3 Å². The van der Waals surface area contributed by atoms with Gasteiger partial charge in [0, 0.05) is 44.0 Å². The van der Waals surface area contributed by atoms with Gasteiger partial charge in [0.2, 0.25) is 0 Å². The maximum atomic E-state index is 10.8. The highest BCUT2D eigenvalue weighted by molar-refractivity contribution is 7.00. The van der Waals surface area contributed by atoms with E-state index in [-0.39, 0.29) is 74.5 Å². The van der Waals surface area contributed by atoms with Gasteiger partial charge in [0.25, 0.3) is 6.71 Å². The zero-order valence-corrected chi connectivity index (χ0v) is 46.1. The van der Waals surface area contributed by atoms with Crippen LogP contribution < -0.4 is 16.4 Å². The number of halogens is 2. The minimum absolute atomic E-state index is 0.0218. The third kappa shape index (κ3) is 7.12. The number of hydrogen-bond donors (Lipinski definition) is 0. The van der Waals surface area contributed by atoms with Crippen molar-refractivity contribution < 1.29 is 9.60 Å². The fourth-order valence-electron chi connectivity index (χ4n) is 12.9. The lowest BCUT2D eigenvalue weighted by molar-refractivity contribution is 0.591. The summed E-state index contributed by atoms with van der Waals surface area (Å²) in [6.07, 6.45) is 0. The van der Waals surface area contributed by atoms with Gasteiger partial charge in [0.15, 0.2) is 0 Å². The first-order valence-electron chi connectivity index (χ1n) is 30.5. The van der Waals surface area contributed by atoms with Gasteiger partial charge in [-0.25, -0.2) is 0 Å². The maximum absolute atomic E-state index is 10.8. The van der Waals surface area contributed by atoms with Crippen LogP contribution in [0.3, 0.4) is 0 Å². The highest BCUT2D eigenvalue weighted by atomic mass is 35.5. The van der Waals surface area contributed by atoms with Gasteiger partial charge >= 0.3 is 0 Å². The smallest absolute Gasteiger partial charge is 0.252 e. The second kappa shape index (κ2) is 17.6. The zero-order valence-electron chi connectivity index (χ0n) is 51.5. The minimum atomic E-state index is -1.22. The SMILES string of the molecule is [2H]c1c([2H])c2c3c(c1[2H])-n1c4c(-c5ccccc5)cc(C(C)(C)C)cc4c4ccccc4c4ccccc4c4c(Cl)c([2H])c([2H])c(c41)B3c1c([2H])c([2H])c(Cl)c3c4ccccc4c4ccccc4c4cc(C(C)(C)C)cc(-c5ccccc5)c4n-2c13. The molecule has 378 valence electrons. The fraction of sp³-hybridized carbons (Fsp3) is 0.108. The third-order valence-corrected chi connectivity index (χ3v) is 17.2. The van der Waals surface area contributed by atoms with Crippen LogP contribution in [-0.2, 0) is 10.8 Å². The van der Waals surface area contributed by atoms with Crippen LogP contribution in [0.5, 0.6) is 0 Å². The van der Waals surface area contributed by atoms with Gasteiger partial charge in [-0.15, -0.1) is 0 Å². The van der Waals surface area contributed by atoms with Crippen LogP contribution >= 0.6 is 23.2 Å². The van der Waals surface area contributed by atoms with Crippen LogP contribution in [-0.4, -0.2) is 15.8 Å². The van der Waals surface area contributed by atoms with Crippen LogP contribution in [0.2, 0.25) is 10.0 Å². The molecule has 2 aliphatic heterocycles. The molecule has 0 unspecified atom stereocenters. The topological polar surface area (TPSA) is 9.86 Å². The average molecular weight is 1060 g/mol. The van der Waals surface area contributed by atoms with Gasteiger partial charge in [-0.2, -0.15) is 0 Å². The first kappa shape index (κ1) is 40.8. The number of fused-ring (bicyclic) bond motifs is 18. The highest BCUT2D eigenvalue weighted by Crippen LogP contribution is 2.46. The van der Waals surface area contributed by atoms with Gasteiger partial charge in [-0.1, -0.05) is 241 Å². The van der Waals surface area contributed by atoms with Gasteiger partial charge < -0.3 is 9.13 Å². The van der Waals surface area contributed by atoms with Crippen molar-refractivity contribution >= 4 is 133 Å². The monoisotopic (exact) mass is 1060 g/mol. The van der Waals surface area contributed by atoms with E-state index in [1.165, 1.54) is 0 Å². The molecule has 2 nitrogen and oxygen atoms in total. The molecule has 5 heteroatoms. The largest absolute Gasteiger partial charge is 0.310 e. The highest BCUT2D eigenvalue weighted by Gasteiger charge is 2.41. The summed E-state index contributed by atoms with van der Waals surface area (Å²) in [5, 5.41) is 9.12. The molecule has 4 heterocycles. The standard InChI is InChI=1S/C74H55BCl2N2/c1-73(2,3)46-40-56(44-22-9-7-10-23-44)69-58(42-46)52-30-15-13-26-48(52)50-28-17-19-32-54(50)66-62(76)38-36-60-71(66)78(69)64-34-21-35-65-68(64)75(60)61-37-39-63(77)67-55-33-20-18-29-51(55)49-27-14-16-31-53(49)59-43-47(74(4,5)6)41-57(45-24-11-8-12-25-45)70(59)79(65)72(61)67/h7-43H,1-6H3/i21D,34D,35D,36D,37D,38D,39D. The lowest BCUT2D eigenvalue weighted by Crippen LogP contribution is -2.59. The maximum Gasteiger partial charge on any atom is 0.252 e. The number of rotatable bonds is 2. The zero-order chi connectivity index (χ0) is 59.7. The molecule has 15 rings (SSSR count). The molecule has 0 bridgehead atoms. The Hall–Kier alpha value is -8.34. The summed E-state index contributed by atoms with van der Waals surface area (Å²) in [6, 6.07) is 60.1. The Morgan fingerprint density at radius 3 is 1.06 bits per heavy atom. The van der Waals surface area contributed by atoms with Crippen molar-refractivity contribution in [2.24, 2.45) is 0 Å². The van der Waals surface area contributed by atoms with E-state index in [4.69, 9.17) is 23.2 Å². The van der Waals surface area contributed by atoms with Crippen LogP contribution in [0, 0.1) is 0 Å². The molecule has 0 atom stereocenters. The Morgan fingerprint density at radius 2 is 0.696 bits per heavy atom. The van der Waals surface area contributed by atoms with E-state index in [0.717, 1.165) is 76.5 Å². The third-order valence-electron chi connectivity index (χ3n) is 16.6. The summed E-state index contributed by atoms with van der Waals surface area (Å²) in [5.41, 5.74) is 8.32. The molecule has 11 aromatic carbocycles. The second-order valence-corrected chi connectivity index (χ2v) is 24.0. The lowest BCUT2D eigenvalue weighted by Gasteiger charge is -2.36. The molecule has 0 fully saturated rings. The van der Waals surface area contributed by atoms with Crippen molar-refractivity contribution in [3.63, 3.8) is 0 Å². The summed E-state index contributed by atoms with van der Waals surface area (Å²) in [6.45, 7) is 12.0. The molecule has 79 heavy (non-hydrogen) atoms. The first-order chi connectivity index (χ1) is 41.3. The quantitative estimate of drug-likeness (QED) is 0.153. The number of hydrogen-bond acceptors (Lipinski definition) is 0. The molecule has 0 saturated carbocycles. The number of benzene rings is 11. The molecule has 2 aromatic heterocycles. The predicted octanol–water partition coefficient (Wildman–Crippen LogP) is 19.1. The summed E-state index contributed by atoms with van der Waals surface area (Å²) >= 11 is 15.7. The second-order valence-electron chi connectivity index (χ2n) is 23.2. The Labute approximate surface area is 480 Å². The molecule has 13 aromatic rings. The van der Waals surface area contributed by atoms with Crippen molar-refractivity contribution in [1.29, 1.82) is 0 Å². The van der Waals surface area contributed by atoms with Gasteiger partial charge in [0.05, 0.1) is 41.7 Å². The van der Waals surface area contributed by atoms with E-state index in [0.29, 0.717) is 60.0 Å². The Balaban J connectivity index is 1.37. The Bertz CT molecular complexity index is 5040. The Morgan fingerprint density at radius 1 is 0.367 bits per heavy atom. The summed E-state index contributed by atoms with van der Waals surface area (Å²) in [4.78, 5) is 0. The van der Waals surface area contributed by atoms with E-state index < -0.39 is 6.71 Å². The first-order valence-corrected chi connectivity index (χ1v) is 27.8. The van der Waals surface area contributed by atoms with E-state index in [9.17, 15) is 9.60 Å². The number of nitrogens with zero attached hydrogens (tertiary/aromatic N) is 2. The molecule has 0 radical (unpaired) electrons. The molecule has 0 spiro atoms. The minimum Gasteiger partial charge on any atom is -0.310 e. The van der Waals surface area contributed by atoms with Gasteiger partial charge in [-0.3, -0.25) is 0 Å². The predicted molar refractivity (Wildman–Crippen MR) is 343 cm³/mol. The summed E-state index contributed by atoms with van der Waals surface area (Å²) < 4.78 is 77.9. The van der Waals surface area contributed by atoms with Crippen molar-refractivity contribution in [3.8, 4) is 33.6 Å². The van der Waals surface area contributed by atoms with Crippen molar-refractivity contribution in [3.05, 3.63) is 245 Å². The normalized spacial score (nSPS) is 14.0. The van der Waals surface area contributed by atoms with E-state index in [2.05, 4.69) is 126 Å². The summed E-state index contributed by atoms with van der Waals surface area (Å²) in [5.74, 6) is 0. The van der Waals surface area contributed by atoms with Crippen LogP contribution in [0.4, 0.5) is 0 Å². The van der Waals surface area contributed by atoms with Crippen LogP contribution in [0.15, 0.2) is 224 Å². The van der Waals surface area contributed by atoms with Crippen molar-refractivity contribution in [2.75, 3.05) is 0 Å². The molecule has 0 aliphatic carbocycles. The van der Waals surface area contributed by atoms with E-state index in [1.54, 1.807) is 0 Å². The van der Waals surface area contributed by atoms with Crippen molar-refractivity contribution in [1.82, 2.24) is 9.13 Å². The molecular formula is C74H55BCl2N2. The van der Waals surface area contributed by atoms with Gasteiger partial charge in [0.1, 0.15) is 0 Å². The molecule has 0 amide bonds. The molecular weight excluding hydrogens is 999 g/mol. The lowest BCUT2D eigenvalue weighted by atomic mass is 9.34.